The van der Waals surface area contributed by atoms with Gasteiger partial charge in [0, 0.05) is 18.7 Å². The molecule has 4 nitrogen and oxygen atoms in total. The molecule has 0 aliphatic rings. The Kier molecular flexibility index (Phi) is 4.39. The van der Waals surface area contributed by atoms with Crippen LogP contribution in [0.25, 0.3) is 10.9 Å². The van der Waals surface area contributed by atoms with Crippen LogP contribution >= 0.6 is 0 Å². The largest absolute Gasteiger partial charge is 0.488 e. The maximum absolute atomic E-state index is 6.04. The molecule has 0 spiro atoms. The first-order valence-electron chi connectivity index (χ1n) is 7.51. The fourth-order valence-corrected chi connectivity index (χ4v) is 2.47. The number of fused-ring (bicyclic) bond motifs is 1. The molecule has 22 heavy (non-hydrogen) atoms. The van der Waals surface area contributed by atoms with E-state index in [9.17, 15) is 0 Å². The quantitative estimate of drug-likeness (QED) is 0.759. The fourth-order valence-electron chi connectivity index (χ4n) is 2.47. The molecule has 3 aromatic rings. The summed E-state index contributed by atoms with van der Waals surface area (Å²) in [5.74, 6) is 0.892. The van der Waals surface area contributed by atoms with Gasteiger partial charge < -0.3 is 9.64 Å². The van der Waals surface area contributed by atoms with E-state index < -0.39 is 0 Å². The Labute approximate surface area is 130 Å². The van der Waals surface area contributed by atoms with Crippen LogP contribution in [0.2, 0.25) is 0 Å². The zero-order chi connectivity index (χ0) is 15.4. The third-order valence-corrected chi connectivity index (χ3v) is 3.66. The van der Waals surface area contributed by atoms with Gasteiger partial charge in [0.1, 0.15) is 12.4 Å². The average Bonchev–Trinajstić information content (AvgIpc) is 2.96. The monoisotopic (exact) mass is 295 g/mol. The van der Waals surface area contributed by atoms with Gasteiger partial charge in [-0.3, -0.25) is 5.10 Å². The summed E-state index contributed by atoms with van der Waals surface area (Å²) in [4.78, 5) is 2.17. The van der Waals surface area contributed by atoms with E-state index in [0.29, 0.717) is 6.61 Å². The smallest absolute Gasteiger partial charge is 0.131 e. The summed E-state index contributed by atoms with van der Waals surface area (Å²) in [5.41, 5.74) is 3.25. The van der Waals surface area contributed by atoms with Crippen LogP contribution in [0.4, 0.5) is 0 Å². The second-order valence-corrected chi connectivity index (χ2v) is 5.68. The fraction of sp³-hybridized carbons (Fsp3) is 0.278. The lowest BCUT2D eigenvalue weighted by Crippen LogP contribution is -2.15. The molecule has 0 aliphatic heterocycles. The molecule has 3 rings (SSSR count). The van der Waals surface area contributed by atoms with Gasteiger partial charge in [0.15, 0.2) is 0 Å². The summed E-state index contributed by atoms with van der Waals surface area (Å²) in [5, 5.41) is 8.64. The van der Waals surface area contributed by atoms with E-state index in [1.807, 2.05) is 36.4 Å². The molecule has 114 valence electrons. The molecule has 0 atom stereocenters. The van der Waals surface area contributed by atoms with Gasteiger partial charge in [-0.25, -0.2) is 0 Å². The third-order valence-electron chi connectivity index (χ3n) is 3.66. The van der Waals surface area contributed by atoms with Crippen LogP contribution in [-0.4, -0.2) is 35.7 Å². The van der Waals surface area contributed by atoms with Crippen LogP contribution < -0.4 is 4.74 Å². The van der Waals surface area contributed by atoms with E-state index in [2.05, 4.69) is 41.3 Å². The number of aromatic amines is 1. The minimum Gasteiger partial charge on any atom is -0.488 e. The van der Waals surface area contributed by atoms with Crippen molar-refractivity contribution in [3.05, 3.63) is 59.8 Å². The number of likely N-dealkylation sites (N-methyl/N-ethyl adjacent to an activating group) is 1. The van der Waals surface area contributed by atoms with Gasteiger partial charge in [-0.05, 0) is 31.8 Å². The van der Waals surface area contributed by atoms with E-state index >= 15 is 0 Å². The number of aromatic nitrogens is 2. The van der Waals surface area contributed by atoms with Crippen molar-refractivity contribution in [1.29, 1.82) is 0 Å². The molecule has 0 saturated carbocycles. The van der Waals surface area contributed by atoms with Crippen LogP contribution in [0.5, 0.6) is 5.75 Å². The molecular formula is C18H21N3O. The molecule has 4 heteroatoms. The first kappa shape index (κ1) is 14.6. The van der Waals surface area contributed by atoms with Crippen molar-refractivity contribution >= 4 is 10.9 Å². The van der Waals surface area contributed by atoms with Gasteiger partial charge in [-0.1, -0.05) is 36.4 Å². The molecule has 0 saturated heterocycles. The number of benzene rings is 2. The summed E-state index contributed by atoms with van der Waals surface area (Å²) in [6.07, 6.45) is 0.926. The maximum atomic E-state index is 6.04. The molecular weight excluding hydrogens is 274 g/mol. The second kappa shape index (κ2) is 6.62. The first-order valence-corrected chi connectivity index (χ1v) is 7.51. The highest BCUT2D eigenvalue weighted by Gasteiger charge is 2.11. The number of hydrogen-bond donors (Lipinski definition) is 1. The molecule has 0 radical (unpaired) electrons. The Morgan fingerprint density at radius 3 is 2.64 bits per heavy atom. The maximum Gasteiger partial charge on any atom is 0.131 e. The van der Waals surface area contributed by atoms with Crippen LogP contribution in [0, 0.1) is 0 Å². The number of nitrogens with zero attached hydrogens (tertiary/aromatic N) is 2. The number of H-pyrrole nitrogens is 1. The van der Waals surface area contributed by atoms with Crippen molar-refractivity contribution in [3.8, 4) is 5.75 Å². The van der Waals surface area contributed by atoms with Crippen LogP contribution in [-0.2, 0) is 13.0 Å². The van der Waals surface area contributed by atoms with Gasteiger partial charge in [0.25, 0.3) is 0 Å². The van der Waals surface area contributed by atoms with E-state index in [1.165, 1.54) is 0 Å². The highest BCUT2D eigenvalue weighted by molar-refractivity contribution is 5.87. The van der Waals surface area contributed by atoms with Gasteiger partial charge >= 0.3 is 0 Å². The van der Waals surface area contributed by atoms with Crippen molar-refractivity contribution in [3.63, 3.8) is 0 Å². The second-order valence-electron chi connectivity index (χ2n) is 5.68. The highest BCUT2D eigenvalue weighted by Crippen LogP contribution is 2.28. The predicted octanol–water partition coefficient (Wildman–Crippen LogP) is 3.25. The third kappa shape index (κ3) is 3.28. The first-order chi connectivity index (χ1) is 10.7. The number of rotatable bonds is 6. The van der Waals surface area contributed by atoms with Crippen LogP contribution in [0.15, 0.2) is 48.5 Å². The molecule has 2 aromatic carbocycles. The lowest BCUT2D eigenvalue weighted by atomic mass is 10.1. The summed E-state index contributed by atoms with van der Waals surface area (Å²) in [6, 6.07) is 16.2. The Morgan fingerprint density at radius 1 is 1.05 bits per heavy atom. The van der Waals surface area contributed by atoms with E-state index in [4.69, 9.17) is 4.74 Å². The number of ether oxygens (including phenoxy) is 1. The molecule has 0 amide bonds. The molecule has 0 bridgehead atoms. The predicted molar refractivity (Wildman–Crippen MR) is 89.1 cm³/mol. The molecule has 0 aliphatic carbocycles. The Morgan fingerprint density at radius 2 is 1.86 bits per heavy atom. The summed E-state index contributed by atoms with van der Waals surface area (Å²) in [7, 11) is 4.15. The zero-order valence-electron chi connectivity index (χ0n) is 13.0. The van der Waals surface area contributed by atoms with Crippen LogP contribution in [0.3, 0.4) is 0 Å². The van der Waals surface area contributed by atoms with Gasteiger partial charge in [0.05, 0.1) is 10.9 Å². The van der Waals surface area contributed by atoms with Gasteiger partial charge in [-0.2, -0.15) is 5.10 Å². The SMILES string of the molecule is CN(C)CCc1[nH]nc2cccc(OCc3ccccc3)c12. The van der Waals surface area contributed by atoms with Gasteiger partial charge in [-0.15, -0.1) is 0 Å². The van der Waals surface area contributed by atoms with Gasteiger partial charge in [0.2, 0.25) is 0 Å². The van der Waals surface area contributed by atoms with E-state index in [-0.39, 0.29) is 0 Å². The molecule has 1 N–H and O–H groups in total. The molecule has 0 fully saturated rings. The topological polar surface area (TPSA) is 41.2 Å². The minimum absolute atomic E-state index is 0.568. The average molecular weight is 295 g/mol. The summed E-state index contributed by atoms with van der Waals surface area (Å²) >= 11 is 0. The number of hydrogen-bond acceptors (Lipinski definition) is 3. The Bertz CT molecular complexity index is 734. The van der Waals surface area contributed by atoms with Crippen molar-refractivity contribution in [1.82, 2.24) is 15.1 Å². The summed E-state index contributed by atoms with van der Waals surface area (Å²) < 4.78 is 6.04. The Hall–Kier alpha value is -2.33. The molecule has 1 heterocycles. The standard InChI is InChI=1S/C18H21N3O/c1-21(2)12-11-16-18-15(19-20-16)9-6-10-17(18)22-13-14-7-4-3-5-8-14/h3-10H,11-13H2,1-2H3,(H,19,20). The summed E-state index contributed by atoms with van der Waals surface area (Å²) in [6.45, 7) is 1.54. The normalized spacial score (nSPS) is 11.2. The van der Waals surface area contributed by atoms with Crippen molar-refractivity contribution in [2.45, 2.75) is 13.0 Å². The number of nitrogens with one attached hydrogen (secondary N) is 1. The van der Waals surface area contributed by atoms with Crippen molar-refractivity contribution in [2.75, 3.05) is 20.6 Å². The van der Waals surface area contributed by atoms with Crippen LogP contribution in [0.1, 0.15) is 11.3 Å². The molecule has 0 unspecified atom stereocenters. The lowest BCUT2D eigenvalue weighted by molar-refractivity contribution is 0.310. The van der Waals surface area contributed by atoms with E-state index in [1.54, 1.807) is 0 Å². The van der Waals surface area contributed by atoms with Crippen molar-refractivity contribution in [2.24, 2.45) is 0 Å². The minimum atomic E-state index is 0.568. The highest BCUT2D eigenvalue weighted by atomic mass is 16.5. The van der Waals surface area contributed by atoms with Crippen molar-refractivity contribution < 1.29 is 4.74 Å². The zero-order valence-corrected chi connectivity index (χ0v) is 13.0. The molecule has 1 aromatic heterocycles. The Balaban J connectivity index is 1.83. The van der Waals surface area contributed by atoms with E-state index in [0.717, 1.165) is 40.9 Å². The lowest BCUT2D eigenvalue weighted by Gasteiger charge is -2.10.